The van der Waals surface area contributed by atoms with E-state index in [-0.39, 0.29) is 0 Å². The Labute approximate surface area is 127 Å². The van der Waals surface area contributed by atoms with Gasteiger partial charge in [-0.25, -0.2) is 0 Å². The lowest BCUT2D eigenvalue weighted by atomic mass is 10.1. The normalized spacial score (nSPS) is 17.9. The van der Waals surface area contributed by atoms with Crippen LogP contribution < -0.4 is 5.73 Å². The van der Waals surface area contributed by atoms with Gasteiger partial charge in [0.1, 0.15) is 5.75 Å². The molecule has 20 heavy (non-hydrogen) atoms. The van der Waals surface area contributed by atoms with Crippen molar-refractivity contribution >= 4 is 24.0 Å². The number of phenols is 1. The molecule has 1 atom stereocenters. The van der Waals surface area contributed by atoms with Gasteiger partial charge in [0.05, 0.1) is 0 Å². The molecule has 6 heteroatoms. The minimum absolute atomic E-state index is 0.314. The third-order valence-electron chi connectivity index (χ3n) is 3.59. The molecule has 0 amide bonds. The molecule has 0 fully saturated rings. The van der Waals surface area contributed by atoms with Gasteiger partial charge in [0.25, 0.3) is 0 Å². The fourth-order valence-corrected chi connectivity index (χ4v) is 4.14. The first-order chi connectivity index (χ1) is 9.69. The zero-order valence-electron chi connectivity index (χ0n) is 11.0. The highest BCUT2D eigenvalue weighted by Gasteiger charge is 2.23. The molecule has 0 radical (unpaired) electrons. The average Bonchev–Trinajstić information content (AvgIpc) is 2.79. The summed E-state index contributed by atoms with van der Waals surface area (Å²) < 4.78 is 2.94. The van der Waals surface area contributed by atoms with Gasteiger partial charge >= 0.3 is 0 Å². The minimum atomic E-state index is 0.314. The third kappa shape index (κ3) is 2.51. The Balaban J connectivity index is 1.94. The van der Waals surface area contributed by atoms with Gasteiger partial charge < -0.3 is 20.4 Å². The van der Waals surface area contributed by atoms with Crippen LogP contribution in [0.4, 0.5) is 0 Å². The molecule has 4 nitrogen and oxygen atoms in total. The van der Waals surface area contributed by atoms with Crippen molar-refractivity contribution in [2.45, 2.75) is 23.8 Å². The highest BCUT2D eigenvalue weighted by atomic mass is 32.2. The molecule has 2 aromatic rings. The molecular formula is C14H17N3OS2. The molecule has 0 saturated heterocycles. The number of aromatic hydroxyl groups is 1. The van der Waals surface area contributed by atoms with E-state index in [1.165, 1.54) is 10.5 Å². The summed E-state index contributed by atoms with van der Waals surface area (Å²) in [6.07, 6.45) is 3.67. The number of nitrogens with two attached hydrogens (primary N) is 1. The molecule has 0 unspecified atom stereocenters. The number of thioether (sulfide) groups is 1. The highest BCUT2D eigenvalue weighted by Crippen LogP contribution is 2.37. The summed E-state index contributed by atoms with van der Waals surface area (Å²) in [5.74, 6) is 1.31. The monoisotopic (exact) mass is 307 g/mol. The first-order valence-electron chi connectivity index (χ1n) is 6.62. The minimum Gasteiger partial charge on any atom is -0.508 e. The number of imidazole rings is 1. The Kier molecular flexibility index (Phi) is 3.87. The van der Waals surface area contributed by atoms with Crippen molar-refractivity contribution in [1.29, 1.82) is 0 Å². The number of aromatic nitrogens is 2. The van der Waals surface area contributed by atoms with E-state index in [1.807, 2.05) is 30.1 Å². The summed E-state index contributed by atoms with van der Waals surface area (Å²) in [6, 6.07) is 5.90. The Bertz CT molecular complexity index is 677. The summed E-state index contributed by atoms with van der Waals surface area (Å²) in [4.78, 5) is 4.37. The van der Waals surface area contributed by atoms with Gasteiger partial charge in [0, 0.05) is 35.0 Å². The molecule has 0 spiro atoms. The number of hydrogen-bond donors (Lipinski definition) is 3. The largest absolute Gasteiger partial charge is 0.508 e. The smallest absolute Gasteiger partial charge is 0.177 e. The van der Waals surface area contributed by atoms with Crippen molar-refractivity contribution in [3.63, 3.8) is 0 Å². The number of nitrogens with one attached hydrogen (secondary N) is 1. The van der Waals surface area contributed by atoms with E-state index in [0.717, 1.165) is 29.1 Å². The Morgan fingerprint density at radius 2 is 2.35 bits per heavy atom. The van der Waals surface area contributed by atoms with Crippen LogP contribution in [0, 0.1) is 4.77 Å². The van der Waals surface area contributed by atoms with Crippen molar-refractivity contribution in [1.82, 2.24) is 9.55 Å². The molecule has 106 valence electrons. The van der Waals surface area contributed by atoms with Crippen molar-refractivity contribution in [3.05, 3.63) is 40.4 Å². The van der Waals surface area contributed by atoms with E-state index in [1.54, 1.807) is 6.07 Å². The van der Waals surface area contributed by atoms with Gasteiger partial charge in [-0.3, -0.25) is 0 Å². The zero-order valence-corrected chi connectivity index (χ0v) is 12.6. The van der Waals surface area contributed by atoms with Crippen LogP contribution in [0.3, 0.4) is 0 Å². The van der Waals surface area contributed by atoms with Gasteiger partial charge in [-0.05, 0) is 48.9 Å². The second kappa shape index (κ2) is 5.63. The summed E-state index contributed by atoms with van der Waals surface area (Å²) >= 11 is 7.22. The number of rotatable bonds is 3. The van der Waals surface area contributed by atoms with E-state index in [4.69, 9.17) is 18.0 Å². The predicted molar refractivity (Wildman–Crippen MR) is 83.9 cm³/mol. The molecular weight excluding hydrogens is 290 g/mol. The Morgan fingerprint density at radius 3 is 3.15 bits per heavy atom. The molecule has 0 aliphatic carbocycles. The van der Waals surface area contributed by atoms with Crippen LogP contribution in [0.25, 0.3) is 0 Å². The van der Waals surface area contributed by atoms with Crippen molar-refractivity contribution in [2.75, 3.05) is 12.3 Å². The number of phenolic OH excluding ortho intramolecular Hbond substituents is 1. The number of nitrogens with zero attached hydrogens (tertiary/aromatic N) is 1. The van der Waals surface area contributed by atoms with Gasteiger partial charge in [-0.15, -0.1) is 11.8 Å². The molecule has 0 bridgehead atoms. The fraction of sp³-hybridized carbons (Fsp3) is 0.357. The van der Waals surface area contributed by atoms with Crippen LogP contribution in [-0.4, -0.2) is 27.0 Å². The summed E-state index contributed by atoms with van der Waals surface area (Å²) in [6.45, 7) is 0.615. The maximum Gasteiger partial charge on any atom is 0.177 e. The summed E-state index contributed by atoms with van der Waals surface area (Å²) in [7, 11) is 0. The van der Waals surface area contributed by atoms with Crippen molar-refractivity contribution < 1.29 is 5.11 Å². The van der Waals surface area contributed by atoms with Crippen LogP contribution in [-0.2, 0) is 12.8 Å². The van der Waals surface area contributed by atoms with E-state index in [9.17, 15) is 5.11 Å². The summed E-state index contributed by atoms with van der Waals surface area (Å²) in [5.41, 5.74) is 8.01. The van der Waals surface area contributed by atoms with Gasteiger partial charge in [-0.2, -0.15) is 0 Å². The topological polar surface area (TPSA) is 67.0 Å². The van der Waals surface area contributed by atoms with Crippen LogP contribution in [0.5, 0.6) is 5.75 Å². The number of hydrogen-bond acceptors (Lipinski definition) is 4. The SMILES string of the molecule is NCCc1c[nH]c(=S)n1[C@@H]1CSc2ccc(O)cc2C1. The second-order valence-electron chi connectivity index (χ2n) is 4.95. The number of aromatic amines is 1. The number of H-pyrrole nitrogens is 1. The Morgan fingerprint density at radius 1 is 1.50 bits per heavy atom. The van der Waals surface area contributed by atoms with E-state index in [0.29, 0.717) is 18.3 Å². The van der Waals surface area contributed by atoms with Gasteiger partial charge in [0.2, 0.25) is 0 Å². The van der Waals surface area contributed by atoms with E-state index in [2.05, 4.69) is 9.55 Å². The standard InChI is InChI=1S/C14H17N3OS2/c15-4-3-10-7-16-14(19)17(10)11-5-9-6-12(18)1-2-13(9)20-8-11/h1-2,6-7,11,18H,3-5,8,15H2,(H,16,19)/t11-/m0/s1. The molecule has 1 aliphatic heterocycles. The predicted octanol–water partition coefficient (Wildman–Crippen LogP) is 2.64. The number of fused-ring (bicyclic) bond motifs is 1. The summed E-state index contributed by atoms with van der Waals surface area (Å²) in [5, 5.41) is 9.64. The molecule has 1 aromatic heterocycles. The van der Waals surface area contributed by atoms with E-state index >= 15 is 0 Å². The molecule has 0 saturated carbocycles. The lowest BCUT2D eigenvalue weighted by molar-refractivity contribution is 0.470. The van der Waals surface area contributed by atoms with Gasteiger partial charge in [-0.1, -0.05) is 0 Å². The quantitative estimate of drug-likeness (QED) is 0.763. The maximum atomic E-state index is 9.64. The van der Waals surface area contributed by atoms with Crippen LogP contribution in [0.15, 0.2) is 29.3 Å². The molecule has 2 heterocycles. The molecule has 4 N–H and O–H groups in total. The van der Waals surface area contributed by atoms with Crippen LogP contribution in [0.2, 0.25) is 0 Å². The van der Waals surface area contributed by atoms with Crippen LogP contribution in [0.1, 0.15) is 17.3 Å². The van der Waals surface area contributed by atoms with Crippen molar-refractivity contribution in [3.8, 4) is 5.75 Å². The lowest BCUT2D eigenvalue weighted by Crippen LogP contribution is -2.21. The first kappa shape index (κ1) is 13.7. The lowest BCUT2D eigenvalue weighted by Gasteiger charge is -2.26. The highest BCUT2D eigenvalue weighted by molar-refractivity contribution is 7.99. The Hall–Kier alpha value is -1.24. The van der Waals surface area contributed by atoms with E-state index < -0.39 is 0 Å². The molecule has 1 aromatic carbocycles. The molecule has 1 aliphatic rings. The zero-order chi connectivity index (χ0) is 14.1. The van der Waals surface area contributed by atoms with Crippen LogP contribution >= 0.6 is 24.0 Å². The van der Waals surface area contributed by atoms with Gasteiger partial charge in [0.15, 0.2) is 4.77 Å². The third-order valence-corrected chi connectivity index (χ3v) is 5.16. The number of benzene rings is 1. The average molecular weight is 307 g/mol. The molecule has 3 rings (SSSR count). The second-order valence-corrected chi connectivity index (χ2v) is 6.40. The maximum absolute atomic E-state index is 9.64. The fourth-order valence-electron chi connectivity index (χ4n) is 2.69. The first-order valence-corrected chi connectivity index (χ1v) is 8.02. The van der Waals surface area contributed by atoms with Crippen molar-refractivity contribution in [2.24, 2.45) is 5.73 Å².